The van der Waals surface area contributed by atoms with E-state index in [1.165, 1.54) is 0 Å². The van der Waals surface area contributed by atoms with E-state index in [4.69, 9.17) is 0 Å². The normalized spacial score (nSPS) is 38.3. The van der Waals surface area contributed by atoms with Gasteiger partial charge in [0.1, 0.15) is 0 Å². The maximum absolute atomic E-state index is 2.40. The van der Waals surface area contributed by atoms with Gasteiger partial charge in [-0.3, -0.25) is 0 Å². The average Bonchev–Trinajstić information content (AvgIpc) is 2.71. The fourth-order valence-corrected chi connectivity index (χ4v) is 4.79. The van der Waals surface area contributed by atoms with Crippen LogP contribution in [0.3, 0.4) is 0 Å². The molecule has 2 aliphatic rings. The maximum atomic E-state index is 2.40. The van der Waals surface area contributed by atoms with Crippen molar-refractivity contribution in [1.82, 2.24) is 0 Å². The first kappa shape index (κ1) is 57.3. The van der Waals surface area contributed by atoms with Crippen molar-refractivity contribution in [3.05, 3.63) is 44.6 Å². The van der Waals surface area contributed by atoms with Crippen molar-refractivity contribution < 1.29 is 40.2 Å². The van der Waals surface area contributed by atoms with Crippen LogP contribution in [0.25, 0.3) is 0 Å². The molecule has 0 unspecified atom stereocenters. The molecule has 0 atom stereocenters. The van der Waals surface area contributed by atoms with Gasteiger partial charge in [-0.2, -0.15) is 0 Å². The molecule has 0 nitrogen and oxygen atoms in total. The second kappa shape index (κ2) is 24.0. The second-order valence-corrected chi connectivity index (χ2v) is 8.59. The molecule has 29 heavy (non-hydrogen) atoms. The zero-order chi connectivity index (χ0) is 15.8. The fraction of sp³-hybridized carbons (Fsp3) is 0.778. The SMILES string of the molecule is C.CC1C(C)C(C)C(C)C1C.CC1C(C)C(C)C(C)C1C.[CH3-].[CH3-].[CH3-].[CH3-].[CH3-].[CH3-].[Ir+3].[Ir+3]. The first-order valence-corrected chi connectivity index (χ1v) is 9.11. The third-order valence-electron chi connectivity index (χ3n) is 8.29. The van der Waals surface area contributed by atoms with Crippen molar-refractivity contribution in [3.8, 4) is 0 Å². The van der Waals surface area contributed by atoms with Crippen LogP contribution in [0, 0.1) is 104 Å². The van der Waals surface area contributed by atoms with Crippen molar-refractivity contribution in [2.24, 2.45) is 59.2 Å². The zero-order valence-corrected chi connectivity index (χ0v) is 27.2. The minimum atomic E-state index is 0. The summed E-state index contributed by atoms with van der Waals surface area (Å²) < 4.78 is 0. The van der Waals surface area contributed by atoms with Gasteiger partial charge < -0.3 is 44.6 Å². The van der Waals surface area contributed by atoms with Gasteiger partial charge in [0, 0.05) is 0 Å². The molecule has 0 saturated heterocycles. The Kier molecular flexibility index (Phi) is 47.4. The van der Waals surface area contributed by atoms with Crippen molar-refractivity contribution in [3.63, 3.8) is 0 Å². The van der Waals surface area contributed by atoms with E-state index in [2.05, 4.69) is 69.2 Å². The van der Waals surface area contributed by atoms with Gasteiger partial charge >= 0.3 is 40.2 Å². The van der Waals surface area contributed by atoms with Crippen LogP contribution < -0.4 is 0 Å². The van der Waals surface area contributed by atoms with Crippen LogP contribution in [-0.2, 0) is 40.2 Å². The summed E-state index contributed by atoms with van der Waals surface area (Å²) in [5.74, 6) is 9.35. The van der Waals surface area contributed by atoms with Crippen molar-refractivity contribution in [1.29, 1.82) is 0 Å². The quantitative estimate of drug-likeness (QED) is 0.216. The summed E-state index contributed by atoms with van der Waals surface area (Å²) in [5.41, 5.74) is 0. The Morgan fingerprint density at radius 2 is 0.276 bits per heavy atom. The number of hydrogen-bond donors (Lipinski definition) is 0. The van der Waals surface area contributed by atoms with Crippen molar-refractivity contribution in [2.45, 2.75) is 76.7 Å². The molecule has 0 bridgehead atoms. The molecule has 0 aromatic heterocycles. The Bertz CT molecular complexity index is 185. The molecule has 2 saturated carbocycles. The van der Waals surface area contributed by atoms with Crippen LogP contribution >= 0.6 is 0 Å². The molecule has 0 aromatic rings. The zero-order valence-electron chi connectivity index (χ0n) is 22.4. The Labute approximate surface area is 219 Å². The summed E-state index contributed by atoms with van der Waals surface area (Å²) in [6.07, 6.45) is 0. The fourth-order valence-electron chi connectivity index (χ4n) is 4.79. The summed E-state index contributed by atoms with van der Waals surface area (Å²) in [5, 5.41) is 0. The van der Waals surface area contributed by atoms with Crippen LogP contribution in [0.2, 0.25) is 0 Å². The standard InChI is InChI=1S/2C10H20.CH4.6CH3.2Ir/c2*1-6-7(2)9(4)10(5)8(6)3;;;;;;;;;/h2*6-10H,1-5H3;1H4;6*1H3;;/q;;;6*-1;2*+3. The van der Waals surface area contributed by atoms with E-state index >= 15 is 0 Å². The van der Waals surface area contributed by atoms with Crippen LogP contribution in [0.5, 0.6) is 0 Å². The summed E-state index contributed by atoms with van der Waals surface area (Å²) in [6, 6.07) is 0. The molecule has 2 aliphatic carbocycles. The Hall–Kier alpha value is 1.30. The van der Waals surface area contributed by atoms with Gasteiger partial charge in [0.15, 0.2) is 0 Å². The summed E-state index contributed by atoms with van der Waals surface area (Å²) in [6.45, 7) is 24.0. The van der Waals surface area contributed by atoms with E-state index in [0.29, 0.717) is 0 Å². The largest absolute Gasteiger partial charge is 3.00 e. The summed E-state index contributed by atoms with van der Waals surface area (Å²) in [7, 11) is 0. The molecule has 2 rings (SSSR count). The number of hydrogen-bond acceptors (Lipinski definition) is 0. The molecule has 0 N–H and O–H groups in total. The predicted molar refractivity (Wildman–Crippen MR) is 137 cm³/mol. The second-order valence-electron chi connectivity index (χ2n) is 8.59. The third kappa shape index (κ3) is 12.8. The molecular weight excluding hydrogens is 709 g/mol. The van der Waals surface area contributed by atoms with Gasteiger partial charge in [-0.25, -0.2) is 0 Å². The van der Waals surface area contributed by atoms with E-state index in [9.17, 15) is 0 Å². The Morgan fingerprint density at radius 1 is 0.241 bits per heavy atom. The minimum Gasteiger partial charge on any atom is -0.358 e. The smallest absolute Gasteiger partial charge is 0.358 e. The molecule has 0 aliphatic heterocycles. The summed E-state index contributed by atoms with van der Waals surface area (Å²) in [4.78, 5) is 0. The van der Waals surface area contributed by atoms with Crippen LogP contribution in [0.1, 0.15) is 76.7 Å². The molecule has 0 radical (unpaired) electrons. The number of rotatable bonds is 0. The minimum absolute atomic E-state index is 0. The van der Waals surface area contributed by atoms with Crippen LogP contribution in [0.15, 0.2) is 0 Å². The van der Waals surface area contributed by atoms with Gasteiger partial charge in [-0.15, -0.1) is 0 Å². The third-order valence-corrected chi connectivity index (χ3v) is 8.29. The van der Waals surface area contributed by atoms with E-state index in [-0.39, 0.29) is 92.2 Å². The van der Waals surface area contributed by atoms with E-state index in [1.54, 1.807) is 0 Å². The van der Waals surface area contributed by atoms with E-state index in [1.807, 2.05) is 0 Å². The Balaban J connectivity index is -0.0000000301. The molecule has 0 amide bonds. The average molecular weight is 771 g/mol. The monoisotopic (exact) mass is 772 g/mol. The molecule has 0 spiro atoms. The Morgan fingerprint density at radius 3 is 0.310 bits per heavy atom. The first-order valence-electron chi connectivity index (χ1n) is 9.11. The molecular formula is C27H62Ir2. The van der Waals surface area contributed by atoms with Crippen LogP contribution in [-0.4, -0.2) is 0 Å². The van der Waals surface area contributed by atoms with Gasteiger partial charge in [0.2, 0.25) is 0 Å². The molecule has 0 aromatic carbocycles. The van der Waals surface area contributed by atoms with Gasteiger partial charge in [-0.1, -0.05) is 76.7 Å². The topological polar surface area (TPSA) is 0 Å². The van der Waals surface area contributed by atoms with Gasteiger partial charge in [-0.05, 0) is 59.2 Å². The summed E-state index contributed by atoms with van der Waals surface area (Å²) >= 11 is 0. The van der Waals surface area contributed by atoms with Gasteiger partial charge in [0.05, 0.1) is 0 Å². The molecule has 188 valence electrons. The molecule has 0 heterocycles. The molecule has 2 heteroatoms. The maximum Gasteiger partial charge on any atom is 3.00 e. The molecule has 2 fully saturated rings. The van der Waals surface area contributed by atoms with E-state index in [0.717, 1.165) is 59.2 Å². The predicted octanol–water partition coefficient (Wildman–Crippen LogP) is 9.69. The van der Waals surface area contributed by atoms with Crippen LogP contribution in [0.4, 0.5) is 0 Å². The van der Waals surface area contributed by atoms with Gasteiger partial charge in [0.25, 0.3) is 0 Å². The van der Waals surface area contributed by atoms with Crippen molar-refractivity contribution in [2.75, 3.05) is 0 Å². The van der Waals surface area contributed by atoms with Crippen molar-refractivity contribution >= 4 is 0 Å². The van der Waals surface area contributed by atoms with E-state index < -0.39 is 0 Å². The first-order chi connectivity index (χ1) is 9.11.